The summed E-state index contributed by atoms with van der Waals surface area (Å²) >= 11 is 0. The van der Waals surface area contributed by atoms with E-state index in [1.165, 1.54) is 0 Å². The Labute approximate surface area is 135 Å². The summed E-state index contributed by atoms with van der Waals surface area (Å²) in [5, 5.41) is 7.35. The zero-order chi connectivity index (χ0) is 16.1. The molecule has 0 bridgehead atoms. The van der Waals surface area contributed by atoms with E-state index in [4.69, 9.17) is 15.2 Å². The van der Waals surface area contributed by atoms with Crippen LogP contribution in [0, 0.1) is 0 Å². The maximum Gasteiger partial charge on any atom is 0.130 e. The van der Waals surface area contributed by atoms with Gasteiger partial charge in [-0.15, -0.1) is 0 Å². The second-order valence-corrected chi connectivity index (χ2v) is 5.07. The van der Waals surface area contributed by atoms with Crippen LogP contribution >= 0.6 is 0 Å². The molecule has 23 heavy (non-hydrogen) atoms. The number of ether oxygens (including phenoxy) is 2. The number of nitrogens with two attached hydrogens (primary N) is 1. The number of hydrogen-bond acceptors (Lipinski definition) is 4. The molecule has 1 heterocycles. The normalized spacial score (nSPS) is 10.5. The summed E-state index contributed by atoms with van der Waals surface area (Å²) in [7, 11) is 0. The Morgan fingerprint density at radius 2 is 1.91 bits per heavy atom. The fourth-order valence-corrected chi connectivity index (χ4v) is 2.30. The Balaban J connectivity index is 1.73. The Bertz CT molecular complexity index is 783. The highest BCUT2D eigenvalue weighted by Gasteiger charge is 2.09. The van der Waals surface area contributed by atoms with Gasteiger partial charge >= 0.3 is 0 Å². The van der Waals surface area contributed by atoms with Gasteiger partial charge in [-0.25, -0.2) is 0 Å². The molecule has 0 spiro atoms. The summed E-state index contributed by atoms with van der Waals surface area (Å²) in [4.78, 5) is 0. The smallest absolute Gasteiger partial charge is 0.130 e. The maximum absolute atomic E-state index is 5.74. The Hall–Kier alpha value is -2.95. The first-order valence-corrected chi connectivity index (χ1v) is 7.51. The molecular formula is C18H19N3O2. The van der Waals surface area contributed by atoms with Crippen molar-refractivity contribution >= 4 is 5.69 Å². The van der Waals surface area contributed by atoms with Crippen LogP contribution in [-0.4, -0.2) is 16.8 Å². The van der Waals surface area contributed by atoms with Gasteiger partial charge in [-0.1, -0.05) is 18.2 Å². The van der Waals surface area contributed by atoms with E-state index in [1.807, 2.05) is 55.5 Å². The van der Waals surface area contributed by atoms with Crippen LogP contribution in [0.3, 0.4) is 0 Å². The number of nitrogens with one attached hydrogen (secondary N) is 1. The predicted octanol–water partition coefficient (Wildman–Crippen LogP) is 3.64. The zero-order valence-corrected chi connectivity index (χ0v) is 13.0. The maximum atomic E-state index is 5.74. The van der Waals surface area contributed by atoms with Crippen molar-refractivity contribution in [1.29, 1.82) is 0 Å². The van der Waals surface area contributed by atoms with E-state index >= 15 is 0 Å². The third-order valence-electron chi connectivity index (χ3n) is 3.35. The van der Waals surface area contributed by atoms with E-state index in [-0.39, 0.29) is 0 Å². The fraction of sp³-hybridized carbons (Fsp3) is 0.167. The van der Waals surface area contributed by atoms with Gasteiger partial charge in [0.1, 0.15) is 18.1 Å². The van der Waals surface area contributed by atoms with Gasteiger partial charge in [0.2, 0.25) is 0 Å². The lowest BCUT2D eigenvalue weighted by Crippen LogP contribution is -1.96. The average molecular weight is 309 g/mol. The van der Waals surface area contributed by atoms with Crippen LogP contribution in [0.25, 0.3) is 11.3 Å². The number of rotatable bonds is 6. The van der Waals surface area contributed by atoms with Gasteiger partial charge in [0.05, 0.1) is 18.0 Å². The molecule has 1 aromatic heterocycles. The molecule has 5 heteroatoms. The van der Waals surface area contributed by atoms with E-state index in [2.05, 4.69) is 10.2 Å². The van der Waals surface area contributed by atoms with Gasteiger partial charge < -0.3 is 15.2 Å². The number of benzene rings is 2. The van der Waals surface area contributed by atoms with E-state index in [0.29, 0.717) is 18.9 Å². The molecule has 3 N–H and O–H groups in total. The minimum atomic E-state index is 0.396. The number of nitrogens with zero attached hydrogens (tertiary/aromatic N) is 1. The number of aromatic nitrogens is 2. The predicted molar refractivity (Wildman–Crippen MR) is 90.4 cm³/mol. The standard InChI is InChI=1S/C18H19N3O2/c1-2-22-18-9-4-3-8-16(18)17-11-14(20-21-17)12-23-15-7-5-6-13(19)10-15/h3-11H,2,12,19H2,1H3,(H,20,21). The molecule has 0 atom stereocenters. The summed E-state index contributed by atoms with van der Waals surface area (Å²) in [6.07, 6.45) is 0. The average Bonchev–Trinajstić information content (AvgIpc) is 3.03. The SMILES string of the molecule is CCOc1ccccc1-c1cc(COc2cccc(N)c2)[nH]n1. The number of anilines is 1. The molecule has 0 aliphatic carbocycles. The molecule has 0 amide bonds. The minimum Gasteiger partial charge on any atom is -0.493 e. The lowest BCUT2D eigenvalue weighted by atomic mass is 10.1. The first-order chi connectivity index (χ1) is 11.3. The Kier molecular flexibility index (Phi) is 4.47. The van der Waals surface area contributed by atoms with Crippen molar-refractivity contribution in [3.05, 3.63) is 60.3 Å². The van der Waals surface area contributed by atoms with Crippen molar-refractivity contribution in [3.63, 3.8) is 0 Å². The van der Waals surface area contributed by atoms with Crippen LogP contribution in [0.2, 0.25) is 0 Å². The molecule has 5 nitrogen and oxygen atoms in total. The van der Waals surface area contributed by atoms with E-state index in [0.717, 1.165) is 28.5 Å². The van der Waals surface area contributed by atoms with Crippen molar-refractivity contribution in [2.45, 2.75) is 13.5 Å². The number of nitrogen functional groups attached to an aromatic ring is 1. The van der Waals surface area contributed by atoms with Gasteiger partial charge in [-0.3, -0.25) is 5.10 Å². The zero-order valence-electron chi connectivity index (χ0n) is 13.0. The van der Waals surface area contributed by atoms with Gasteiger partial charge in [-0.2, -0.15) is 5.10 Å². The second kappa shape index (κ2) is 6.87. The molecule has 0 aliphatic rings. The van der Waals surface area contributed by atoms with Gasteiger partial charge in [0.25, 0.3) is 0 Å². The van der Waals surface area contributed by atoms with Crippen LogP contribution in [0.4, 0.5) is 5.69 Å². The van der Waals surface area contributed by atoms with Gasteiger partial charge in [0.15, 0.2) is 0 Å². The van der Waals surface area contributed by atoms with Crippen molar-refractivity contribution < 1.29 is 9.47 Å². The van der Waals surface area contributed by atoms with Crippen LogP contribution in [0.5, 0.6) is 11.5 Å². The summed E-state index contributed by atoms with van der Waals surface area (Å²) < 4.78 is 11.4. The molecule has 0 radical (unpaired) electrons. The third-order valence-corrected chi connectivity index (χ3v) is 3.35. The summed E-state index contributed by atoms with van der Waals surface area (Å²) in [5.41, 5.74) is 9.09. The van der Waals surface area contributed by atoms with Crippen LogP contribution in [-0.2, 0) is 6.61 Å². The molecule has 0 aliphatic heterocycles. The monoisotopic (exact) mass is 309 g/mol. The third kappa shape index (κ3) is 3.63. The molecule has 0 saturated carbocycles. The highest BCUT2D eigenvalue weighted by Crippen LogP contribution is 2.29. The first-order valence-electron chi connectivity index (χ1n) is 7.51. The minimum absolute atomic E-state index is 0.396. The van der Waals surface area contributed by atoms with E-state index in [9.17, 15) is 0 Å². The number of aromatic amines is 1. The van der Waals surface area contributed by atoms with Crippen molar-refractivity contribution in [2.75, 3.05) is 12.3 Å². The molecule has 0 unspecified atom stereocenters. The molecule has 3 rings (SSSR count). The highest BCUT2D eigenvalue weighted by atomic mass is 16.5. The van der Waals surface area contributed by atoms with Crippen molar-refractivity contribution in [3.8, 4) is 22.8 Å². The number of hydrogen-bond donors (Lipinski definition) is 2. The lowest BCUT2D eigenvalue weighted by Gasteiger charge is -2.07. The second-order valence-electron chi connectivity index (χ2n) is 5.07. The molecule has 2 aromatic carbocycles. The first kappa shape index (κ1) is 15.0. The molecule has 0 saturated heterocycles. The Morgan fingerprint density at radius 1 is 1.04 bits per heavy atom. The quantitative estimate of drug-likeness (QED) is 0.682. The Morgan fingerprint density at radius 3 is 2.74 bits per heavy atom. The fourth-order valence-electron chi connectivity index (χ4n) is 2.30. The highest BCUT2D eigenvalue weighted by molar-refractivity contribution is 5.67. The topological polar surface area (TPSA) is 73.2 Å². The summed E-state index contributed by atoms with van der Waals surface area (Å²) in [5.74, 6) is 1.56. The lowest BCUT2D eigenvalue weighted by molar-refractivity contribution is 0.301. The van der Waals surface area contributed by atoms with Crippen LogP contribution in [0.1, 0.15) is 12.6 Å². The van der Waals surface area contributed by atoms with Crippen LogP contribution in [0.15, 0.2) is 54.6 Å². The number of H-pyrrole nitrogens is 1. The van der Waals surface area contributed by atoms with Gasteiger partial charge in [0, 0.05) is 17.3 Å². The molecule has 0 fully saturated rings. The summed E-state index contributed by atoms with van der Waals surface area (Å²) in [6.45, 7) is 2.98. The number of para-hydroxylation sites is 1. The van der Waals surface area contributed by atoms with E-state index < -0.39 is 0 Å². The van der Waals surface area contributed by atoms with E-state index in [1.54, 1.807) is 6.07 Å². The van der Waals surface area contributed by atoms with Crippen molar-refractivity contribution in [1.82, 2.24) is 10.2 Å². The molecular weight excluding hydrogens is 290 g/mol. The molecule has 118 valence electrons. The van der Waals surface area contributed by atoms with Crippen molar-refractivity contribution in [2.24, 2.45) is 0 Å². The summed E-state index contributed by atoms with van der Waals surface area (Å²) in [6, 6.07) is 17.2. The molecule has 3 aromatic rings. The van der Waals surface area contributed by atoms with Crippen LogP contribution < -0.4 is 15.2 Å². The largest absolute Gasteiger partial charge is 0.493 e. The van der Waals surface area contributed by atoms with Gasteiger partial charge in [-0.05, 0) is 37.3 Å².